The van der Waals surface area contributed by atoms with Crippen molar-refractivity contribution in [3.05, 3.63) is 94.3 Å². The van der Waals surface area contributed by atoms with E-state index in [-0.39, 0.29) is 18.2 Å². The van der Waals surface area contributed by atoms with Crippen molar-refractivity contribution >= 4 is 29.1 Å². The van der Waals surface area contributed by atoms with E-state index in [1.54, 1.807) is 47.5 Å². The van der Waals surface area contributed by atoms with Gasteiger partial charge in [0.25, 0.3) is 5.91 Å². The minimum Gasteiger partial charge on any atom is -0.352 e. The summed E-state index contributed by atoms with van der Waals surface area (Å²) < 4.78 is 0. The number of aryl methyl sites for hydroxylation is 1. The highest BCUT2D eigenvalue weighted by atomic mass is 35.5. The van der Waals surface area contributed by atoms with E-state index in [2.05, 4.69) is 10.3 Å². The van der Waals surface area contributed by atoms with Crippen molar-refractivity contribution in [2.45, 2.75) is 25.9 Å². The fourth-order valence-electron chi connectivity index (χ4n) is 3.59. The normalized spacial score (nSPS) is 15.3. The Morgan fingerprint density at radius 3 is 2.62 bits per heavy atom. The van der Waals surface area contributed by atoms with E-state index in [1.807, 2.05) is 31.2 Å². The number of nitrogens with zero attached hydrogens (tertiary/aromatic N) is 2. The van der Waals surface area contributed by atoms with Gasteiger partial charge in [0, 0.05) is 23.5 Å². The van der Waals surface area contributed by atoms with Crippen molar-refractivity contribution in [1.82, 2.24) is 10.3 Å². The van der Waals surface area contributed by atoms with Crippen molar-refractivity contribution in [2.24, 2.45) is 0 Å². The summed E-state index contributed by atoms with van der Waals surface area (Å²) in [6.07, 6.45) is 1.78. The molecular weight excluding hydrogens is 386 g/mol. The maximum atomic E-state index is 13.0. The molecular formula is C23H20ClN3O2. The molecule has 3 aromatic rings. The Kier molecular flexibility index (Phi) is 5.32. The van der Waals surface area contributed by atoms with E-state index in [1.165, 1.54) is 0 Å². The van der Waals surface area contributed by atoms with Gasteiger partial charge in [0.2, 0.25) is 5.91 Å². The lowest BCUT2D eigenvalue weighted by atomic mass is 10.1. The van der Waals surface area contributed by atoms with Crippen molar-refractivity contribution in [3.8, 4) is 0 Å². The molecule has 2 heterocycles. The predicted molar refractivity (Wildman–Crippen MR) is 113 cm³/mol. The lowest BCUT2D eigenvalue weighted by Crippen LogP contribution is -2.33. The Morgan fingerprint density at radius 2 is 1.86 bits per heavy atom. The zero-order valence-electron chi connectivity index (χ0n) is 15.9. The first-order chi connectivity index (χ1) is 14.0. The highest BCUT2D eigenvalue weighted by molar-refractivity contribution is 6.30. The van der Waals surface area contributed by atoms with Crippen LogP contribution < -0.4 is 10.2 Å². The number of fused-ring (bicyclic) bond motifs is 1. The van der Waals surface area contributed by atoms with Crippen LogP contribution in [-0.2, 0) is 11.3 Å². The van der Waals surface area contributed by atoms with Gasteiger partial charge in [-0.05, 0) is 54.4 Å². The Hall–Kier alpha value is -3.18. The van der Waals surface area contributed by atoms with E-state index >= 15 is 0 Å². The molecule has 0 radical (unpaired) electrons. The molecule has 1 atom stereocenters. The highest BCUT2D eigenvalue weighted by Crippen LogP contribution is 2.38. The molecule has 1 aromatic heterocycles. The number of amides is 2. The Bertz CT molecular complexity index is 1070. The van der Waals surface area contributed by atoms with Crippen LogP contribution in [0.1, 0.15) is 39.6 Å². The molecule has 1 aliphatic rings. The number of benzene rings is 2. The third-order valence-electron chi connectivity index (χ3n) is 5.14. The van der Waals surface area contributed by atoms with Gasteiger partial charge in [0.1, 0.15) is 0 Å². The first kappa shape index (κ1) is 19.2. The predicted octanol–water partition coefficient (Wildman–Crippen LogP) is 4.45. The summed E-state index contributed by atoms with van der Waals surface area (Å²) in [7, 11) is 0. The number of anilines is 1. The lowest BCUT2D eigenvalue weighted by molar-refractivity contribution is -0.121. The number of carbonyl (C=O) groups is 2. The number of hydrogen-bond donors (Lipinski definition) is 1. The second-order valence-corrected chi connectivity index (χ2v) is 7.45. The van der Waals surface area contributed by atoms with Gasteiger partial charge < -0.3 is 5.32 Å². The van der Waals surface area contributed by atoms with Gasteiger partial charge in [-0.2, -0.15) is 0 Å². The van der Waals surface area contributed by atoms with E-state index in [0.717, 1.165) is 11.1 Å². The largest absolute Gasteiger partial charge is 0.352 e. The van der Waals surface area contributed by atoms with E-state index < -0.39 is 6.04 Å². The zero-order valence-corrected chi connectivity index (χ0v) is 16.7. The van der Waals surface area contributed by atoms with Crippen molar-refractivity contribution in [1.29, 1.82) is 0 Å². The summed E-state index contributed by atoms with van der Waals surface area (Å²) in [6.45, 7) is 2.46. The SMILES string of the molecule is Cc1ccccc1CNC(=O)C[C@H]1c2ncccc2C(=O)N1c1ccc(Cl)cc1. The molecule has 2 aromatic carbocycles. The summed E-state index contributed by atoms with van der Waals surface area (Å²) in [4.78, 5) is 31.8. The quantitative estimate of drug-likeness (QED) is 0.682. The Morgan fingerprint density at radius 1 is 1.10 bits per heavy atom. The summed E-state index contributed by atoms with van der Waals surface area (Å²) in [5.74, 6) is -0.296. The Balaban J connectivity index is 1.57. The number of halogens is 1. The number of aromatic nitrogens is 1. The number of rotatable bonds is 5. The first-order valence-electron chi connectivity index (χ1n) is 9.40. The molecule has 6 heteroatoms. The van der Waals surface area contributed by atoms with Gasteiger partial charge in [0.15, 0.2) is 0 Å². The van der Waals surface area contributed by atoms with Crippen molar-refractivity contribution in [2.75, 3.05) is 4.90 Å². The number of carbonyl (C=O) groups excluding carboxylic acids is 2. The fourth-order valence-corrected chi connectivity index (χ4v) is 3.72. The number of pyridine rings is 1. The molecule has 4 rings (SSSR count). The smallest absolute Gasteiger partial charge is 0.260 e. The van der Waals surface area contributed by atoms with Crippen LogP contribution in [0.2, 0.25) is 5.02 Å². The summed E-state index contributed by atoms with van der Waals surface area (Å²) in [5.41, 5.74) is 4.03. The van der Waals surface area contributed by atoms with Crippen LogP contribution in [-0.4, -0.2) is 16.8 Å². The Labute approximate surface area is 174 Å². The van der Waals surface area contributed by atoms with Crippen LogP contribution in [0.3, 0.4) is 0 Å². The maximum absolute atomic E-state index is 13.0. The molecule has 29 heavy (non-hydrogen) atoms. The first-order valence-corrected chi connectivity index (χ1v) is 9.77. The van der Waals surface area contributed by atoms with Gasteiger partial charge >= 0.3 is 0 Å². The van der Waals surface area contributed by atoms with Crippen LogP contribution in [0.15, 0.2) is 66.9 Å². The van der Waals surface area contributed by atoms with Crippen LogP contribution in [0.25, 0.3) is 0 Å². The average Bonchev–Trinajstić information content (AvgIpc) is 3.00. The molecule has 0 unspecified atom stereocenters. The molecule has 0 aliphatic carbocycles. The monoisotopic (exact) mass is 405 g/mol. The molecule has 1 aliphatic heterocycles. The fraction of sp³-hybridized carbons (Fsp3) is 0.174. The molecule has 146 valence electrons. The maximum Gasteiger partial charge on any atom is 0.260 e. The molecule has 5 nitrogen and oxygen atoms in total. The highest BCUT2D eigenvalue weighted by Gasteiger charge is 2.39. The van der Waals surface area contributed by atoms with Gasteiger partial charge in [-0.3, -0.25) is 19.5 Å². The second-order valence-electron chi connectivity index (χ2n) is 7.01. The number of hydrogen-bond acceptors (Lipinski definition) is 3. The molecule has 0 saturated carbocycles. The zero-order chi connectivity index (χ0) is 20.4. The minimum atomic E-state index is -0.461. The van der Waals surface area contributed by atoms with Crippen LogP contribution >= 0.6 is 11.6 Å². The van der Waals surface area contributed by atoms with E-state index in [0.29, 0.717) is 28.5 Å². The van der Waals surface area contributed by atoms with Crippen LogP contribution in [0, 0.1) is 6.92 Å². The van der Waals surface area contributed by atoms with Crippen molar-refractivity contribution in [3.63, 3.8) is 0 Å². The van der Waals surface area contributed by atoms with Crippen LogP contribution in [0.5, 0.6) is 0 Å². The third-order valence-corrected chi connectivity index (χ3v) is 5.39. The summed E-state index contributed by atoms with van der Waals surface area (Å²) in [6, 6.07) is 18.0. The topological polar surface area (TPSA) is 62.3 Å². The van der Waals surface area contributed by atoms with E-state index in [9.17, 15) is 9.59 Å². The van der Waals surface area contributed by atoms with Gasteiger partial charge in [-0.25, -0.2) is 0 Å². The van der Waals surface area contributed by atoms with Gasteiger partial charge in [-0.1, -0.05) is 35.9 Å². The second kappa shape index (κ2) is 8.05. The number of nitrogens with one attached hydrogen (secondary N) is 1. The van der Waals surface area contributed by atoms with Crippen molar-refractivity contribution < 1.29 is 9.59 Å². The van der Waals surface area contributed by atoms with E-state index in [4.69, 9.17) is 11.6 Å². The molecule has 0 bridgehead atoms. The van der Waals surface area contributed by atoms with Crippen LogP contribution in [0.4, 0.5) is 5.69 Å². The molecule has 2 amide bonds. The molecule has 0 fully saturated rings. The molecule has 0 saturated heterocycles. The average molecular weight is 406 g/mol. The lowest BCUT2D eigenvalue weighted by Gasteiger charge is -2.24. The standard InChI is InChI=1S/C23H20ClN3O2/c1-15-5-2-3-6-16(15)14-26-21(28)13-20-22-19(7-4-12-25-22)23(29)27(20)18-10-8-17(24)9-11-18/h2-12,20H,13-14H2,1H3,(H,26,28)/t20-/m0/s1. The summed E-state index contributed by atoms with van der Waals surface area (Å²) >= 11 is 6.00. The molecule has 1 N–H and O–H groups in total. The minimum absolute atomic E-state index is 0.129. The molecule has 0 spiro atoms. The third kappa shape index (κ3) is 3.87. The van der Waals surface area contributed by atoms with Gasteiger partial charge in [-0.15, -0.1) is 0 Å². The van der Waals surface area contributed by atoms with Gasteiger partial charge in [0.05, 0.1) is 23.7 Å². The summed E-state index contributed by atoms with van der Waals surface area (Å²) in [5, 5.41) is 3.55.